The largest absolute Gasteiger partial charge is 0.480 e. The minimum atomic E-state index is -1.15. The molecule has 2 rings (SSSR count). The lowest BCUT2D eigenvalue weighted by atomic mass is 10.1. The Kier molecular flexibility index (Phi) is 7.22. The van der Waals surface area contributed by atoms with Gasteiger partial charge in [0.05, 0.1) is 6.04 Å². The average molecular weight is 398 g/mol. The van der Waals surface area contributed by atoms with Gasteiger partial charge in [-0.05, 0) is 40.2 Å². The number of fused-ring (bicyclic) bond motifs is 1. The second-order valence-electron chi connectivity index (χ2n) is 8.02. The summed E-state index contributed by atoms with van der Waals surface area (Å²) in [6.45, 7) is 8.15. The molecule has 1 aromatic rings. The Balaban J connectivity index is 2.07. The van der Waals surface area contributed by atoms with Crippen LogP contribution in [0.25, 0.3) is 0 Å². The summed E-state index contributed by atoms with van der Waals surface area (Å²) >= 11 is 0. The van der Waals surface area contributed by atoms with E-state index in [9.17, 15) is 19.5 Å². The minimum Gasteiger partial charge on any atom is -0.480 e. The number of nitrogens with zero attached hydrogens (tertiary/aromatic N) is 3. The molecule has 2 atom stereocenters. The summed E-state index contributed by atoms with van der Waals surface area (Å²) in [6.07, 6.45) is 2.56. The van der Waals surface area contributed by atoms with Gasteiger partial charge in [-0.1, -0.05) is 18.5 Å². The number of aryl methyl sites for hydroxylation is 1. The van der Waals surface area contributed by atoms with E-state index in [1.54, 1.807) is 25.3 Å². The maximum Gasteiger partial charge on any atom is 0.441 e. The standard InChI is InChI=1S/C18H30N4O6/c1-5-21(11-13(15(23)24)19-16(25)27-18(2,3)4)10-12-8-6-7-9-14-20-28-17(26)22(12)14/h12-13H,5-11H2,1-4H3,(H,19,25)(H,23,24)/t12?,13-/m1/s1. The van der Waals surface area contributed by atoms with Crippen LogP contribution in [0.3, 0.4) is 0 Å². The molecule has 1 amide bonds. The molecule has 0 saturated carbocycles. The number of nitrogens with one attached hydrogen (secondary N) is 1. The third-order valence-electron chi connectivity index (χ3n) is 4.60. The van der Waals surface area contributed by atoms with E-state index in [0.717, 1.165) is 19.3 Å². The van der Waals surface area contributed by atoms with Crippen LogP contribution >= 0.6 is 0 Å². The zero-order valence-corrected chi connectivity index (χ0v) is 16.9. The van der Waals surface area contributed by atoms with Crippen LogP contribution in [-0.2, 0) is 16.0 Å². The van der Waals surface area contributed by atoms with E-state index in [2.05, 4.69) is 10.5 Å². The van der Waals surface area contributed by atoms with E-state index in [1.807, 2.05) is 11.8 Å². The number of carboxylic acids is 1. The van der Waals surface area contributed by atoms with Crippen molar-refractivity contribution in [1.82, 2.24) is 19.9 Å². The molecule has 0 saturated heterocycles. The van der Waals surface area contributed by atoms with Crippen LogP contribution in [0.1, 0.15) is 58.8 Å². The maximum absolute atomic E-state index is 12.1. The first-order valence-corrected chi connectivity index (χ1v) is 9.62. The quantitative estimate of drug-likeness (QED) is 0.706. The van der Waals surface area contributed by atoms with Crippen LogP contribution in [0, 0.1) is 0 Å². The average Bonchev–Trinajstić information content (AvgIpc) is 2.82. The molecule has 1 aliphatic heterocycles. The van der Waals surface area contributed by atoms with Gasteiger partial charge in [0.2, 0.25) is 0 Å². The molecule has 1 aliphatic rings. The number of hydrogen-bond donors (Lipinski definition) is 2. The van der Waals surface area contributed by atoms with E-state index in [1.165, 1.54) is 0 Å². The summed E-state index contributed by atoms with van der Waals surface area (Å²) in [6, 6.07) is -1.27. The number of carbonyl (C=O) groups is 2. The molecule has 0 aromatic carbocycles. The van der Waals surface area contributed by atoms with Crippen molar-refractivity contribution < 1.29 is 24.0 Å². The van der Waals surface area contributed by atoms with Crippen molar-refractivity contribution in [2.75, 3.05) is 19.6 Å². The Bertz CT molecular complexity index is 735. The molecule has 158 valence electrons. The first kappa shape index (κ1) is 21.9. The summed E-state index contributed by atoms with van der Waals surface area (Å²) in [5.74, 6) is -1.00. The predicted molar refractivity (Wildman–Crippen MR) is 100 cm³/mol. The number of hydrogen-bond acceptors (Lipinski definition) is 7. The van der Waals surface area contributed by atoms with E-state index in [0.29, 0.717) is 25.3 Å². The number of carboxylic acid groups (broad SMARTS) is 1. The molecule has 1 unspecified atom stereocenters. The third kappa shape index (κ3) is 6.08. The monoisotopic (exact) mass is 398 g/mol. The second kappa shape index (κ2) is 9.22. The van der Waals surface area contributed by atoms with Crippen molar-refractivity contribution in [3.05, 3.63) is 16.4 Å². The molecule has 2 N–H and O–H groups in total. The summed E-state index contributed by atoms with van der Waals surface area (Å²) in [5, 5.41) is 15.8. The van der Waals surface area contributed by atoms with Gasteiger partial charge in [0.15, 0.2) is 5.82 Å². The first-order valence-electron chi connectivity index (χ1n) is 9.62. The lowest BCUT2D eigenvalue weighted by Gasteiger charge is -2.29. The van der Waals surface area contributed by atoms with E-state index in [4.69, 9.17) is 9.26 Å². The molecule has 1 aromatic heterocycles. The molecule has 0 radical (unpaired) electrons. The number of aromatic nitrogens is 2. The number of alkyl carbamates (subject to hydrolysis) is 1. The Morgan fingerprint density at radius 3 is 2.75 bits per heavy atom. The van der Waals surface area contributed by atoms with Gasteiger partial charge in [0.25, 0.3) is 0 Å². The van der Waals surface area contributed by atoms with Crippen molar-refractivity contribution in [1.29, 1.82) is 0 Å². The SMILES string of the molecule is CCN(CC1CCCCc2noc(=O)n21)C[C@@H](NC(=O)OC(C)(C)C)C(=O)O. The fourth-order valence-corrected chi connectivity index (χ4v) is 3.30. The maximum atomic E-state index is 12.1. The highest BCUT2D eigenvalue weighted by atomic mass is 16.6. The Hall–Kier alpha value is -2.36. The van der Waals surface area contributed by atoms with Crippen LogP contribution < -0.4 is 11.1 Å². The highest BCUT2D eigenvalue weighted by Crippen LogP contribution is 2.22. The number of carbonyl (C=O) groups excluding carboxylic acids is 1. The van der Waals surface area contributed by atoms with Crippen molar-refractivity contribution in [3.63, 3.8) is 0 Å². The molecule has 10 nitrogen and oxygen atoms in total. The second-order valence-corrected chi connectivity index (χ2v) is 8.02. The van der Waals surface area contributed by atoms with Crippen molar-refractivity contribution >= 4 is 12.1 Å². The Labute approximate surface area is 163 Å². The zero-order valence-electron chi connectivity index (χ0n) is 16.9. The summed E-state index contributed by atoms with van der Waals surface area (Å²) in [7, 11) is 0. The van der Waals surface area contributed by atoms with Crippen molar-refractivity contribution in [3.8, 4) is 0 Å². The normalized spacial score (nSPS) is 18.2. The molecule has 0 fully saturated rings. The molecule has 2 heterocycles. The Morgan fingerprint density at radius 1 is 1.43 bits per heavy atom. The zero-order chi connectivity index (χ0) is 20.9. The molecular weight excluding hydrogens is 368 g/mol. The lowest BCUT2D eigenvalue weighted by Crippen LogP contribution is -2.50. The summed E-state index contributed by atoms with van der Waals surface area (Å²) in [5.41, 5.74) is -0.718. The van der Waals surface area contributed by atoms with Crippen molar-refractivity contribution in [2.45, 2.75) is 71.1 Å². The van der Waals surface area contributed by atoms with Crippen LogP contribution in [0.5, 0.6) is 0 Å². The number of ether oxygens (including phenoxy) is 1. The van der Waals surface area contributed by atoms with E-state index >= 15 is 0 Å². The van der Waals surface area contributed by atoms with Gasteiger partial charge >= 0.3 is 17.8 Å². The summed E-state index contributed by atoms with van der Waals surface area (Å²) in [4.78, 5) is 37.6. The van der Waals surface area contributed by atoms with E-state index in [-0.39, 0.29) is 12.6 Å². The minimum absolute atomic E-state index is 0.0942. The van der Waals surface area contributed by atoms with Crippen LogP contribution in [0.2, 0.25) is 0 Å². The van der Waals surface area contributed by atoms with Gasteiger partial charge in [-0.15, -0.1) is 0 Å². The van der Waals surface area contributed by atoms with E-state index < -0.39 is 29.5 Å². The first-order chi connectivity index (χ1) is 13.1. The Morgan fingerprint density at radius 2 is 2.14 bits per heavy atom. The molecule has 0 bridgehead atoms. The van der Waals surface area contributed by atoms with Crippen LogP contribution in [-0.4, -0.2) is 63.1 Å². The molecule has 28 heavy (non-hydrogen) atoms. The lowest BCUT2D eigenvalue weighted by molar-refractivity contribution is -0.140. The number of rotatable bonds is 7. The molecule has 0 spiro atoms. The van der Waals surface area contributed by atoms with Crippen LogP contribution in [0.15, 0.2) is 9.32 Å². The highest BCUT2D eigenvalue weighted by Gasteiger charge is 2.29. The fraction of sp³-hybridized carbons (Fsp3) is 0.778. The smallest absolute Gasteiger partial charge is 0.441 e. The molecule has 10 heteroatoms. The third-order valence-corrected chi connectivity index (χ3v) is 4.60. The van der Waals surface area contributed by atoms with Gasteiger partial charge in [-0.2, -0.15) is 0 Å². The number of likely N-dealkylation sites (N-methyl/N-ethyl adjacent to an activating group) is 1. The number of amides is 1. The van der Waals surface area contributed by atoms with Gasteiger partial charge in [-0.25, -0.2) is 14.4 Å². The van der Waals surface area contributed by atoms with Crippen molar-refractivity contribution in [2.24, 2.45) is 0 Å². The number of aliphatic carboxylic acids is 1. The molecular formula is C18H30N4O6. The van der Waals surface area contributed by atoms with Gasteiger partial charge < -0.3 is 15.2 Å². The van der Waals surface area contributed by atoms with Gasteiger partial charge in [0, 0.05) is 19.5 Å². The topological polar surface area (TPSA) is 127 Å². The van der Waals surface area contributed by atoms with Gasteiger partial charge in [-0.3, -0.25) is 14.0 Å². The highest BCUT2D eigenvalue weighted by molar-refractivity contribution is 5.80. The fourth-order valence-electron chi connectivity index (χ4n) is 3.30. The summed E-state index contributed by atoms with van der Waals surface area (Å²) < 4.78 is 11.5. The molecule has 0 aliphatic carbocycles. The van der Waals surface area contributed by atoms with Crippen LogP contribution in [0.4, 0.5) is 4.79 Å². The predicted octanol–water partition coefficient (Wildman–Crippen LogP) is 1.40. The van der Waals surface area contributed by atoms with Gasteiger partial charge in [0.1, 0.15) is 11.6 Å².